The third-order valence-corrected chi connectivity index (χ3v) is 4.55. The molecular weight excluding hydrogens is 268 g/mol. The number of amides is 2. The summed E-state index contributed by atoms with van der Waals surface area (Å²) in [6.07, 6.45) is 5.25. The van der Waals surface area contributed by atoms with Gasteiger partial charge in [0.1, 0.15) is 5.54 Å². The van der Waals surface area contributed by atoms with Crippen LogP contribution in [0.2, 0.25) is 0 Å². The quantitative estimate of drug-likeness (QED) is 0.861. The number of carbonyl (C=O) groups is 2. The molecular formula is C16H28N2O3. The minimum atomic E-state index is -0.655. The number of ether oxygens (including phenoxy) is 1. The summed E-state index contributed by atoms with van der Waals surface area (Å²) in [6.45, 7) is 7.02. The van der Waals surface area contributed by atoms with E-state index in [-0.39, 0.29) is 24.0 Å². The molecule has 2 aliphatic rings. The molecule has 0 aromatic heterocycles. The summed E-state index contributed by atoms with van der Waals surface area (Å²) in [4.78, 5) is 27.0. The summed E-state index contributed by atoms with van der Waals surface area (Å²) in [5, 5.41) is 3.03. The maximum atomic E-state index is 13.0. The number of hydrogen-bond donors (Lipinski definition) is 1. The maximum Gasteiger partial charge on any atom is 0.248 e. The van der Waals surface area contributed by atoms with Crippen LogP contribution in [0.3, 0.4) is 0 Å². The molecule has 1 saturated heterocycles. The molecule has 5 heteroatoms. The van der Waals surface area contributed by atoms with E-state index in [0.29, 0.717) is 19.6 Å². The van der Waals surface area contributed by atoms with Gasteiger partial charge in [0.2, 0.25) is 11.8 Å². The molecule has 1 N–H and O–H groups in total. The maximum absolute atomic E-state index is 13.0. The highest BCUT2D eigenvalue weighted by molar-refractivity contribution is 5.94. The number of hydrogen-bond acceptors (Lipinski definition) is 3. The van der Waals surface area contributed by atoms with Crippen molar-refractivity contribution in [2.75, 3.05) is 13.2 Å². The Hall–Kier alpha value is -1.10. The molecule has 1 aliphatic heterocycles. The smallest absolute Gasteiger partial charge is 0.248 e. The second-order valence-electron chi connectivity index (χ2n) is 6.66. The lowest BCUT2D eigenvalue weighted by molar-refractivity contribution is -0.142. The fraction of sp³-hybridized carbons (Fsp3) is 0.875. The van der Waals surface area contributed by atoms with E-state index >= 15 is 0 Å². The van der Waals surface area contributed by atoms with E-state index in [2.05, 4.69) is 5.32 Å². The van der Waals surface area contributed by atoms with Gasteiger partial charge in [0.05, 0.1) is 12.7 Å². The predicted molar refractivity (Wildman–Crippen MR) is 80.8 cm³/mol. The third-order valence-electron chi connectivity index (χ3n) is 4.55. The van der Waals surface area contributed by atoms with Crippen LogP contribution >= 0.6 is 0 Å². The molecule has 1 saturated carbocycles. The lowest BCUT2D eigenvalue weighted by Gasteiger charge is -2.39. The van der Waals surface area contributed by atoms with Crippen molar-refractivity contribution >= 4 is 11.8 Å². The Morgan fingerprint density at radius 2 is 1.95 bits per heavy atom. The summed E-state index contributed by atoms with van der Waals surface area (Å²) < 4.78 is 5.59. The van der Waals surface area contributed by atoms with E-state index in [1.165, 1.54) is 0 Å². The number of carbonyl (C=O) groups excluding carboxylic acids is 2. The van der Waals surface area contributed by atoms with Gasteiger partial charge in [0.15, 0.2) is 0 Å². The van der Waals surface area contributed by atoms with E-state index in [9.17, 15) is 9.59 Å². The van der Waals surface area contributed by atoms with Crippen molar-refractivity contribution in [3.8, 4) is 0 Å². The van der Waals surface area contributed by atoms with Crippen molar-refractivity contribution in [3.05, 3.63) is 0 Å². The Morgan fingerprint density at radius 1 is 1.29 bits per heavy atom. The molecule has 120 valence electrons. The van der Waals surface area contributed by atoms with Gasteiger partial charge < -0.3 is 15.0 Å². The fourth-order valence-electron chi connectivity index (χ4n) is 3.43. The summed E-state index contributed by atoms with van der Waals surface area (Å²) in [5.41, 5.74) is -0.655. The topological polar surface area (TPSA) is 58.6 Å². The van der Waals surface area contributed by atoms with Gasteiger partial charge in [0, 0.05) is 19.0 Å². The Balaban J connectivity index is 2.12. The highest BCUT2D eigenvalue weighted by atomic mass is 16.5. The molecule has 1 spiro atoms. The molecule has 0 radical (unpaired) electrons. The highest BCUT2D eigenvalue weighted by Crippen LogP contribution is 2.32. The van der Waals surface area contributed by atoms with E-state index in [1.807, 2.05) is 25.7 Å². The average Bonchev–Trinajstić information content (AvgIpc) is 2.50. The fourth-order valence-corrected chi connectivity index (χ4v) is 3.43. The number of nitrogens with one attached hydrogen (secondary N) is 1. The van der Waals surface area contributed by atoms with Gasteiger partial charge in [-0.1, -0.05) is 19.3 Å². The summed E-state index contributed by atoms with van der Waals surface area (Å²) >= 11 is 0. The first-order valence-electron chi connectivity index (χ1n) is 8.18. The van der Waals surface area contributed by atoms with E-state index in [0.717, 1.165) is 32.1 Å². The molecule has 2 amide bonds. The van der Waals surface area contributed by atoms with E-state index in [4.69, 9.17) is 4.74 Å². The largest absolute Gasteiger partial charge is 0.377 e. The van der Waals surface area contributed by atoms with E-state index in [1.54, 1.807) is 0 Å². The number of rotatable bonds is 4. The molecule has 5 nitrogen and oxygen atoms in total. The summed E-state index contributed by atoms with van der Waals surface area (Å²) in [5.74, 6) is 0.0953. The molecule has 2 fully saturated rings. The predicted octanol–water partition coefficient (Wildman–Crippen LogP) is 1.85. The standard InChI is InChI=1S/C16H28N2O3/c1-12(2)21-10-9-18-13(3)11-14(19)17-16(15(18)20)7-5-4-6-8-16/h12-13H,4-11H2,1-3H3,(H,17,19). The Bertz CT molecular complexity index is 389. The SMILES string of the molecule is CC(C)OCCN1C(=O)C2(CCCCC2)NC(=O)CC1C. The van der Waals surface area contributed by atoms with Crippen molar-refractivity contribution in [1.82, 2.24) is 10.2 Å². The third kappa shape index (κ3) is 3.76. The van der Waals surface area contributed by atoms with Gasteiger partial charge >= 0.3 is 0 Å². The normalized spacial score (nSPS) is 26.1. The van der Waals surface area contributed by atoms with Crippen LogP contribution < -0.4 is 5.32 Å². The van der Waals surface area contributed by atoms with Crippen molar-refractivity contribution in [2.45, 2.75) is 77.0 Å². The molecule has 1 heterocycles. The second-order valence-corrected chi connectivity index (χ2v) is 6.66. The molecule has 0 aromatic carbocycles. The van der Waals surface area contributed by atoms with Gasteiger partial charge in [-0.25, -0.2) is 0 Å². The van der Waals surface area contributed by atoms with Crippen molar-refractivity contribution in [3.63, 3.8) is 0 Å². The minimum Gasteiger partial charge on any atom is -0.377 e. The van der Waals surface area contributed by atoms with Crippen LogP contribution in [0.25, 0.3) is 0 Å². The Morgan fingerprint density at radius 3 is 2.57 bits per heavy atom. The van der Waals surface area contributed by atoms with Crippen LogP contribution in [0.1, 0.15) is 59.3 Å². The second kappa shape index (κ2) is 6.77. The first-order valence-corrected chi connectivity index (χ1v) is 8.18. The first-order chi connectivity index (χ1) is 9.94. The highest BCUT2D eigenvalue weighted by Gasteiger charge is 2.46. The monoisotopic (exact) mass is 296 g/mol. The average molecular weight is 296 g/mol. The van der Waals surface area contributed by atoms with E-state index < -0.39 is 5.54 Å². The van der Waals surface area contributed by atoms with Gasteiger partial charge in [-0.2, -0.15) is 0 Å². The van der Waals surface area contributed by atoms with Gasteiger partial charge in [-0.05, 0) is 33.6 Å². The van der Waals surface area contributed by atoms with Crippen LogP contribution in [0.5, 0.6) is 0 Å². The van der Waals surface area contributed by atoms with Crippen molar-refractivity contribution < 1.29 is 14.3 Å². The summed E-state index contributed by atoms with van der Waals surface area (Å²) in [6, 6.07) is -0.0606. The molecule has 1 atom stereocenters. The van der Waals surface area contributed by atoms with Crippen LogP contribution in [0.15, 0.2) is 0 Å². The molecule has 0 aromatic rings. The van der Waals surface area contributed by atoms with Crippen LogP contribution in [0.4, 0.5) is 0 Å². The molecule has 1 unspecified atom stereocenters. The zero-order valence-corrected chi connectivity index (χ0v) is 13.5. The minimum absolute atomic E-state index is 0.00466. The van der Waals surface area contributed by atoms with Crippen LogP contribution in [0, 0.1) is 0 Å². The van der Waals surface area contributed by atoms with Gasteiger partial charge in [-0.15, -0.1) is 0 Å². The lowest BCUT2D eigenvalue weighted by Crippen LogP contribution is -2.59. The molecule has 2 rings (SSSR count). The first kappa shape index (κ1) is 16.3. The van der Waals surface area contributed by atoms with Crippen molar-refractivity contribution in [2.24, 2.45) is 0 Å². The van der Waals surface area contributed by atoms with Gasteiger partial charge in [-0.3, -0.25) is 9.59 Å². The Labute approximate surface area is 127 Å². The summed E-state index contributed by atoms with van der Waals surface area (Å²) in [7, 11) is 0. The molecule has 0 bridgehead atoms. The molecule has 1 aliphatic carbocycles. The Kier molecular flexibility index (Phi) is 5.25. The lowest BCUT2D eigenvalue weighted by atomic mass is 9.80. The number of nitrogens with zero attached hydrogens (tertiary/aromatic N) is 1. The zero-order chi connectivity index (χ0) is 15.5. The zero-order valence-electron chi connectivity index (χ0n) is 13.5. The van der Waals surface area contributed by atoms with Gasteiger partial charge in [0.25, 0.3) is 0 Å². The van der Waals surface area contributed by atoms with Crippen LogP contribution in [-0.2, 0) is 14.3 Å². The van der Waals surface area contributed by atoms with Crippen molar-refractivity contribution in [1.29, 1.82) is 0 Å². The van der Waals surface area contributed by atoms with Crippen LogP contribution in [-0.4, -0.2) is 47.6 Å². The molecule has 21 heavy (non-hydrogen) atoms.